The minimum atomic E-state index is -0.00342. The molecule has 0 saturated carbocycles. The zero-order valence-corrected chi connectivity index (χ0v) is 13.0. The second-order valence-corrected chi connectivity index (χ2v) is 5.37. The highest BCUT2D eigenvalue weighted by Crippen LogP contribution is 2.12. The molecule has 0 bridgehead atoms. The number of nitrogens with zero attached hydrogens (tertiary/aromatic N) is 3. The van der Waals surface area contributed by atoms with Gasteiger partial charge in [0.25, 0.3) is 0 Å². The van der Waals surface area contributed by atoms with Crippen LogP contribution in [0.2, 0.25) is 0 Å². The molecule has 0 spiro atoms. The van der Waals surface area contributed by atoms with Gasteiger partial charge in [0.05, 0.1) is 19.3 Å². The maximum atomic E-state index is 12.2. The van der Waals surface area contributed by atoms with Crippen molar-refractivity contribution in [1.29, 1.82) is 0 Å². The van der Waals surface area contributed by atoms with E-state index in [1.807, 2.05) is 24.7 Å². The minimum Gasteiger partial charge on any atom is -0.376 e. The molecule has 0 unspecified atom stereocenters. The quantitative estimate of drug-likeness (QED) is 0.762. The molecular formula is C15H25N3O3. The molecule has 0 aliphatic carbocycles. The van der Waals surface area contributed by atoms with Gasteiger partial charge in [0.1, 0.15) is 12.4 Å². The van der Waals surface area contributed by atoms with E-state index >= 15 is 0 Å². The number of aromatic nitrogens is 2. The van der Waals surface area contributed by atoms with Gasteiger partial charge < -0.3 is 18.9 Å². The van der Waals surface area contributed by atoms with Gasteiger partial charge in [0.2, 0.25) is 5.91 Å². The van der Waals surface area contributed by atoms with E-state index in [4.69, 9.17) is 9.47 Å². The Hall–Kier alpha value is -1.40. The van der Waals surface area contributed by atoms with Gasteiger partial charge in [-0.25, -0.2) is 4.98 Å². The molecule has 2 heterocycles. The molecule has 6 heteroatoms. The number of ether oxygens (including phenoxy) is 2. The van der Waals surface area contributed by atoms with E-state index in [1.165, 1.54) is 6.42 Å². The van der Waals surface area contributed by atoms with E-state index in [0.29, 0.717) is 19.7 Å². The smallest absolute Gasteiger partial charge is 0.248 e. The molecule has 1 aromatic heterocycles. The normalized spacial score (nSPS) is 18.7. The van der Waals surface area contributed by atoms with E-state index in [2.05, 4.69) is 4.98 Å². The third kappa shape index (κ3) is 4.82. The van der Waals surface area contributed by atoms with Crippen molar-refractivity contribution in [3.63, 3.8) is 0 Å². The number of hydrogen-bond donors (Lipinski definition) is 0. The van der Waals surface area contributed by atoms with Crippen molar-refractivity contribution in [3.8, 4) is 0 Å². The molecule has 1 atom stereocenters. The Balaban J connectivity index is 1.73. The van der Waals surface area contributed by atoms with Gasteiger partial charge in [-0.3, -0.25) is 4.79 Å². The summed E-state index contributed by atoms with van der Waals surface area (Å²) < 4.78 is 13.0. The van der Waals surface area contributed by atoms with Crippen molar-refractivity contribution in [2.45, 2.75) is 38.8 Å². The summed E-state index contributed by atoms with van der Waals surface area (Å²) in [6.45, 7) is 4.55. The highest BCUT2D eigenvalue weighted by Gasteiger charge is 2.17. The Labute approximate surface area is 126 Å². The average molecular weight is 295 g/mol. The lowest BCUT2D eigenvalue weighted by Crippen LogP contribution is -2.35. The van der Waals surface area contributed by atoms with Crippen LogP contribution in [0.4, 0.5) is 0 Å². The van der Waals surface area contributed by atoms with Gasteiger partial charge in [-0.1, -0.05) is 0 Å². The summed E-state index contributed by atoms with van der Waals surface area (Å²) in [7, 11) is 1.93. The van der Waals surface area contributed by atoms with Crippen LogP contribution in [-0.4, -0.2) is 52.8 Å². The van der Waals surface area contributed by atoms with Crippen molar-refractivity contribution < 1.29 is 14.3 Å². The van der Waals surface area contributed by atoms with Crippen LogP contribution < -0.4 is 0 Å². The Morgan fingerprint density at radius 1 is 1.57 bits per heavy atom. The van der Waals surface area contributed by atoms with E-state index < -0.39 is 0 Å². The van der Waals surface area contributed by atoms with Gasteiger partial charge in [-0.05, 0) is 26.2 Å². The number of hydrogen-bond acceptors (Lipinski definition) is 4. The lowest BCUT2D eigenvalue weighted by Gasteiger charge is -2.24. The molecule has 1 fully saturated rings. The van der Waals surface area contributed by atoms with Crippen LogP contribution in [0.25, 0.3) is 0 Å². The lowest BCUT2D eigenvalue weighted by molar-refractivity contribution is -0.138. The molecule has 1 aliphatic rings. The first kappa shape index (κ1) is 16.0. The lowest BCUT2D eigenvalue weighted by atomic mass is 10.1. The molecule has 1 aromatic rings. The summed E-state index contributed by atoms with van der Waals surface area (Å²) >= 11 is 0. The number of carbonyl (C=O) groups excluding carboxylic acids is 1. The van der Waals surface area contributed by atoms with E-state index in [0.717, 1.165) is 25.3 Å². The average Bonchev–Trinajstić information content (AvgIpc) is 2.91. The van der Waals surface area contributed by atoms with E-state index in [9.17, 15) is 4.79 Å². The molecule has 0 aromatic carbocycles. The van der Waals surface area contributed by atoms with Crippen molar-refractivity contribution in [1.82, 2.24) is 14.5 Å². The number of likely N-dealkylation sites (N-methyl/N-ethyl adjacent to an activating group) is 1. The van der Waals surface area contributed by atoms with Gasteiger partial charge in [-0.2, -0.15) is 0 Å². The second-order valence-electron chi connectivity index (χ2n) is 5.37. The first-order valence-corrected chi connectivity index (χ1v) is 7.64. The molecule has 1 saturated heterocycles. The Morgan fingerprint density at radius 2 is 2.43 bits per heavy atom. The fraction of sp³-hybridized carbons (Fsp3) is 0.733. The maximum absolute atomic E-state index is 12.2. The number of carbonyl (C=O) groups is 1. The highest BCUT2D eigenvalue weighted by molar-refractivity contribution is 5.77. The summed E-state index contributed by atoms with van der Waals surface area (Å²) in [6, 6.07) is 0. The van der Waals surface area contributed by atoms with E-state index in [-0.39, 0.29) is 18.6 Å². The number of imidazole rings is 1. The first-order chi connectivity index (χ1) is 10.2. The van der Waals surface area contributed by atoms with Crippen LogP contribution in [0, 0.1) is 0 Å². The third-order valence-electron chi connectivity index (χ3n) is 3.79. The Kier molecular flexibility index (Phi) is 6.20. The zero-order chi connectivity index (χ0) is 15.1. The number of amides is 1. The third-order valence-corrected chi connectivity index (χ3v) is 3.79. The predicted octanol–water partition coefficient (Wildman–Crippen LogP) is 1.35. The largest absolute Gasteiger partial charge is 0.376 e. The summed E-state index contributed by atoms with van der Waals surface area (Å²) in [5.74, 6) is 0.872. The molecule has 21 heavy (non-hydrogen) atoms. The highest BCUT2D eigenvalue weighted by atomic mass is 16.5. The van der Waals surface area contributed by atoms with Crippen molar-refractivity contribution in [3.05, 3.63) is 18.2 Å². The van der Waals surface area contributed by atoms with Crippen LogP contribution in [0.1, 0.15) is 32.0 Å². The number of aryl methyl sites for hydroxylation is 1. The topological polar surface area (TPSA) is 56.6 Å². The van der Waals surface area contributed by atoms with Crippen LogP contribution in [0.3, 0.4) is 0 Å². The molecule has 0 radical (unpaired) electrons. The van der Waals surface area contributed by atoms with Crippen molar-refractivity contribution >= 4 is 5.91 Å². The fourth-order valence-electron chi connectivity index (χ4n) is 2.40. The van der Waals surface area contributed by atoms with Crippen LogP contribution in [0.15, 0.2) is 12.4 Å². The van der Waals surface area contributed by atoms with Crippen molar-refractivity contribution in [2.24, 2.45) is 7.05 Å². The summed E-state index contributed by atoms with van der Waals surface area (Å²) in [5.41, 5.74) is 0. The summed E-state index contributed by atoms with van der Waals surface area (Å²) in [4.78, 5) is 18.2. The number of rotatable bonds is 7. The molecule has 1 amide bonds. The predicted molar refractivity (Wildman–Crippen MR) is 78.7 cm³/mol. The monoisotopic (exact) mass is 295 g/mol. The first-order valence-electron chi connectivity index (χ1n) is 7.64. The van der Waals surface area contributed by atoms with Crippen LogP contribution in [0.5, 0.6) is 0 Å². The van der Waals surface area contributed by atoms with Gasteiger partial charge in [-0.15, -0.1) is 0 Å². The standard InChI is InChI=1S/C15H25N3O3/c1-3-18(10-14-16-7-8-17(14)2)15(19)12-20-11-13-6-4-5-9-21-13/h7-8,13H,3-6,9-12H2,1-2H3/t13-/m0/s1. The SMILES string of the molecule is CCN(Cc1nccn1C)C(=O)COC[C@@H]1CCCCO1. The molecular weight excluding hydrogens is 270 g/mol. The minimum absolute atomic E-state index is 0.00342. The van der Waals surface area contributed by atoms with Crippen LogP contribution in [-0.2, 0) is 27.9 Å². The maximum Gasteiger partial charge on any atom is 0.248 e. The Morgan fingerprint density at radius 3 is 3.05 bits per heavy atom. The fourth-order valence-corrected chi connectivity index (χ4v) is 2.40. The second kappa shape index (κ2) is 8.14. The van der Waals surface area contributed by atoms with Crippen molar-refractivity contribution in [2.75, 3.05) is 26.4 Å². The Bertz CT molecular complexity index is 441. The molecule has 0 N–H and O–H groups in total. The molecule has 2 rings (SSSR count). The van der Waals surface area contributed by atoms with Gasteiger partial charge >= 0.3 is 0 Å². The van der Waals surface area contributed by atoms with E-state index in [1.54, 1.807) is 11.1 Å². The summed E-state index contributed by atoms with van der Waals surface area (Å²) in [6.07, 6.45) is 7.11. The molecule has 118 valence electrons. The van der Waals surface area contributed by atoms with Gasteiger partial charge in [0.15, 0.2) is 0 Å². The molecule has 6 nitrogen and oxygen atoms in total. The molecule has 1 aliphatic heterocycles. The van der Waals surface area contributed by atoms with Gasteiger partial charge in [0, 0.05) is 32.6 Å². The zero-order valence-electron chi connectivity index (χ0n) is 13.0. The van der Waals surface area contributed by atoms with Crippen LogP contribution >= 0.6 is 0 Å². The summed E-state index contributed by atoms with van der Waals surface area (Å²) in [5, 5.41) is 0.